The summed E-state index contributed by atoms with van der Waals surface area (Å²) in [5.41, 5.74) is 6.68. The van der Waals surface area contributed by atoms with E-state index in [1.165, 1.54) is 6.92 Å². The van der Waals surface area contributed by atoms with Crippen molar-refractivity contribution < 1.29 is 14.3 Å². The van der Waals surface area contributed by atoms with Gasteiger partial charge < -0.3 is 10.1 Å². The van der Waals surface area contributed by atoms with Crippen molar-refractivity contribution in [2.75, 3.05) is 6.61 Å². The lowest BCUT2D eigenvalue weighted by Crippen LogP contribution is -2.39. The molecule has 0 fully saturated rings. The van der Waals surface area contributed by atoms with Gasteiger partial charge >= 0.3 is 6.09 Å². The smallest absolute Gasteiger partial charge is 0.407 e. The lowest BCUT2D eigenvalue weighted by molar-refractivity contribution is -0.120. The Morgan fingerprint density at radius 1 is 1.54 bits per heavy atom. The summed E-state index contributed by atoms with van der Waals surface area (Å²) in [6.45, 7) is 3.77. The van der Waals surface area contributed by atoms with Crippen molar-refractivity contribution in [3.8, 4) is 0 Å². The molecule has 0 aromatic carbocycles. The van der Waals surface area contributed by atoms with E-state index in [1.807, 2.05) is 6.92 Å². The van der Waals surface area contributed by atoms with E-state index in [0.29, 0.717) is 6.61 Å². The molecule has 0 bridgehead atoms. The summed E-state index contributed by atoms with van der Waals surface area (Å²) in [6.07, 6.45) is 1.11. The number of rotatable bonds is 5. The minimum Gasteiger partial charge on any atom is -0.450 e. The molecule has 5 nitrogen and oxygen atoms in total. The Balaban J connectivity index is 3.56. The molecule has 2 amide bonds. The van der Waals surface area contributed by atoms with Gasteiger partial charge in [-0.25, -0.2) is 4.79 Å². The van der Waals surface area contributed by atoms with E-state index in [0.717, 1.165) is 12.8 Å². The summed E-state index contributed by atoms with van der Waals surface area (Å²) in [7, 11) is 0. The van der Waals surface area contributed by atoms with Crippen LogP contribution in [0, 0.1) is 0 Å². The number of alkyl carbamates (subject to hydrolysis) is 1. The van der Waals surface area contributed by atoms with Crippen LogP contribution in [0.4, 0.5) is 4.79 Å². The molecular formula is C8H15N2O3. The van der Waals surface area contributed by atoms with Crippen molar-refractivity contribution in [1.82, 2.24) is 11.1 Å². The van der Waals surface area contributed by atoms with Crippen LogP contribution in [0.25, 0.3) is 0 Å². The van der Waals surface area contributed by atoms with E-state index in [1.54, 1.807) is 0 Å². The van der Waals surface area contributed by atoms with Crippen LogP contribution in [0.2, 0.25) is 0 Å². The Morgan fingerprint density at radius 2 is 2.15 bits per heavy atom. The largest absolute Gasteiger partial charge is 0.450 e. The molecule has 5 heteroatoms. The summed E-state index contributed by atoms with van der Waals surface area (Å²) in [5.74, 6) is -0.826. The first-order valence-corrected chi connectivity index (χ1v) is 4.26. The zero-order valence-electron chi connectivity index (χ0n) is 7.92. The van der Waals surface area contributed by atoms with Gasteiger partial charge in [0, 0.05) is 0 Å². The number of nitrogens with one attached hydrogen (secondary N) is 2. The highest BCUT2D eigenvalue weighted by Crippen LogP contribution is 1.89. The molecule has 0 aromatic rings. The number of amides is 2. The van der Waals surface area contributed by atoms with Crippen LogP contribution < -0.4 is 11.1 Å². The fraction of sp³-hybridized carbons (Fsp3) is 0.750. The van der Waals surface area contributed by atoms with E-state index >= 15 is 0 Å². The van der Waals surface area contributed by atoms with Gasteiger partial charge in [-0.1, -0.05) is 13.3 Å². The third-order valence-electron chi connectivity index (χ3n) is 1.46. The van der Waals surface area contributed by atoms with Crippen LogP contribution in [0.3, 0.4) is 0 Å². The minimum atomic E-state index is -0.826. The quantitative estimate of drug-likeness (QED) is 0.644. The first-order chi connectivity index (χ1) is 6.07. The molecule has 1 unspecified atom stereocenters. The number of carbonyl (C=O) groups excluding carboxylic acids is 2. The number of carbonyl (C=O) groups is 2. The molecule has 1 radical (unpaired) electrons. The molecule has 0 heterocycles. The lowest BCUT2D eigenvalue weighted by Gasteiger charge is -2.09. The van der Waals surface area contributed by atoms with Crippen molar-refractivity contribution >= 4 is 12.0 Å². The molecular weight excluding hydrogens is 172 g/mol. The maximum atomic E-state index is 10.9. The molecule has 0 spiro atoms. The predicted octanol–water partition coefficient (Wildman–Crippen LogP) is 0.711. The highest BCUT2D eigenvalue weighted by atomic mass is 16.5. The lowest BCUT2D eigenvalue weighted by atomic mass is 10.3. The second-order valence-corrected chi connectivity index (χ2v) is 2.72. The van der Waals surface area contributed by atoms with E-state index in [-0.39, 0.29) is 0 Å². The second kappa shape index (κ2) is 6.28. The van der Waals surface area contributed by atoms with Gasteiger partial charge in [-0.2, -0.15) is 0 Å². The van der Waals surface area contributed by atoms with E-state index < -0.39 is 18.0 Å². The summed E-state index contributed by atoms with van der Waals surface area (Å²) in [4.78, 5) is 21.3. The van der Waals surface area contributed by atoms with Gasteiger partial charge in [-0.3, -0.25) is 10.5 Å². The molecule has 0 aromatic heterocycles. The number of hydrogen-bond donors (Lipinski definition) is 1. The minimum absolute atomic E-state index is 0.348. The first-order valence-electron chi connectivity index (χ1n) is 4.26. The summed E-state index contributed by atoms with van der Waals surface area (Å²) in [6, 6.07) is -0.797. The topological polar surface area (TPSA) is 79.2 Å². The summed E-state index contributed by atoms with van der Waals surface area (Å²) >= 11 is 0. The molecule has 0 saturated carbocycles. The Labute approximate surface area is 77.6 Å². The molecule has 13 heavy (non-hydrogen) atoms. The van der Waals surface area contributed by atoms with Crippen LogP contribution in [0.5, 0.6) is 0 Å². The first kappa shape index (κ1) is 11.7. The molecule has 0 rings (SSSR count). The van der Waals surface area contributed by atoms with Crippen molar-refractivity contribution in [3.63, 3.8) is 0 Å². The average Bonchev–Trinajstić information content (AvgIpc) is 2.04. The van der Waals surface area contributed by atoms with Gasteiger partial charge in [-0.15, -0.1) is 0 Å². The van der Waals surface area contributed by atoms with Gasteiger partial charge in [0.1, 0.15) is 6.04 Å². The Morgan fingerprint density at radius 3 is 2.62 bits per heavy atom. The molecule has 2 N–H and O–H groups in total. The molecule has 0 saturated heterocycles. The highest BCUT2D eigenvalue weighted by Gasteiger charge is 2.12. The fourth-order valence-electron chi connectivity index (χ4n) is 0.593. The molecule has 0 aliphatic rings. The third-order valence-corrected chi connectivity index (χ3v) is 1.46. The Bertz CT molecular complexity index is 182. The number of ether oxygens (including phenoxy) is 1. The van der Waals surface area contributed by atoms with Crippen LogP contribution in [0.1, 0.15) is 26.7 Å². The van der Waals surface area contributed by atoms with Gasteiger partial charge in [0.05, 0.1) is 6.61 Å². The maximum Gasteiger partial charge on any atom is 0.407 e. The van der Waals surface area contributed by atoms with Crippen molar-refractivity contribution in [1.29, 1.82) is 0 Å². The number of unbranched alkanes of at least 4 members (excludes halogenated alkanes) is 1. The summed E-state index contributed by atoms with van der Waals surface area (Å²) in [5, 5.41) is 2.24. The van der Waals surface area contributed by atoms with Gasteiger partial charge in [-0.05, 0) is 13.3 Å². The monoisotopic (exact) mass is 187 g/mol. The van der Waals surface area contributed by atoms with Crippen molar-refractivity contribution in [2.45, 2.75) is 32.7 Å². The highest BCUT2D eigenvalue weighted by molar-refractivity contribution is 5.83. The average molecular weight is 187 g/mol. The molecule has 1 atom stereocenters. The van der Waals surface area contributed by atoms with Crippen LogP contribution in [0.15, 0.2) is 0 Å². The van der Waals surface area contributed by atoms with E-state index in [4.69, 9.17) is 10.5 Å². The van der Waals surface area contributed by atoms with E-state index in [2.05, 4.69) is 5.32 Å². The predicted molar refractivity (Wildman–Crippen MR) is 47.0 cm³/mol. The zero-order chi connectivity index (χ0) is 10.3. The Hall–Kier alpha value is -1.26. The standard InChI is InChI=1S/C8H15N2O3/c1-3-4-5-13-8(12)10-6(2)7(9)11/h6,9H,3-5H2,1-2H3,(H,10,12). The van der Waals surface area contributed by atoms with Crippen LogP contribution in [-0.4, -0.2) is 24.6 Å². The second-order valence-electron chi connectivity index (χ2n) is 2.72. The van der Waals surface area contributed by atoms with Crippen molar-refractivity contribution in [3.05, 3.63) is 0 Å². The fourth-order valence-corrected chi connectivity index (χ4v) is 0.593. The SMILES string of the molecule is CCCCOC(=O)NC(C)C([NH])=O. The third kappa shape index (κ3) is 5.95. The zero-order valence-corrected chi connectivity index (χ0v) is 7.92. The van der Waals surface area contributed by atoms with E-state index in [9.17, 15) is 9.59 Å². The van der Waals surface area contributed by atoms with Crippen molar-refractivity contribution in [2.24, 2.45) is 0 Å². The van der Waals surface area contributed by atoms with Gasteiger partial charge in [0.15, 0.2) is 0 Å². The number of hydrogen-bond acceptors (Lipinski definition) is 3. The Kier molecular flexibility index (Phi) is 5.67. The van der Waals surface area contributed by atoms with Crippen LogP contribution >= 0.6 is 0 Å². The van der Waals surface area contributed by atoms with Gasteiger partial charge in [0.25, 0.3) is 5.91 Å². The molecule has 0 aliphatic carbocycles. The maximum absolute atomic E-state index is 10.9. The van der Waals surface area contributed by atoms with Crippen LogP contribution in [-0.2, 0) is 9.53 Å². The molecule has 75 valence electrons. The summed E-state index contributed by atoms with van der Waals surface area (Å²) < 4.78 is 4.72. The van der Waals surface area contributed by atoms with Gasteiger partial charge in [0.2, 0.25) is 0 Å². The molecule has 0 aliphatic heterocycles. The normalized spacial score (nSPS) is 11.8.